The Balaban J connectivity index is 1.67. The van der Waals surface area contributed by atoms with Gasteiger partial charge in [0.15, 0.2) is 0 Å². The van der Waals surface area contributed by atoms with Crippen molar-refractivity contribution in [1.29, 1.82) is 0 Å². The Hall–Kier alpha value is -1.24. The van der Waals surface area contributed by atoms with Crippen LogP contribution in [0.25, 0.3) is 0 Å². The predicted molar refractivity (Wildman–Crippen MR) is 97.9 cm³/mol. The lowest BCUT2D eigenvalue weighted by atomic mass is 10.1. The van der Waals surface area contributed by atoms with Crippen molar-refractivity contribution in [2.24, 2.45) is 11.8 Å². The van der Waals surface area contributed by atoms with Gasteiger partial charge >= 0.3 is 0 Å². The van der Waals surface area contributed by atoms with Crippen LogP contribution in [0.1, 0.15) is 40.0 Å². The van der Waals surface area contributed by atoms with E-state index < -0.39 is 0 Å². The number of nitrogens with zero attached hydrogens (tertiary/aromatic N) is 3. The van der Waals surface area contributed by atoms with Crippen molar-refractivity contribution in [3.63, 3.8) is 0 Å². The number of carbonyl (C=O) groups is 3. The quantitative estimate of drug-likeness (QED) is 0.754. The van der Waals surface area contributed by atoms with Crippen molar-refractivity contribution in [3.8, 4) is 0 Å². The number of thioether (sulfide) groups is 1. The van der Waals surface area contributed by atoms with E-state index in [9.17, 15) is 14.4 Å². The summed E-state index contributed by atoms with van der Waals surface area (Å²) >= 11 is 1.75. The summed E-state index contributed by atoms with van der Waals surface area (Å²) in [4.78, 5) is 42.9. The van der Waals surface area contributed by atoms with Gasteiger partial charge in [-0.05, 0) is 25.2 Å². The molecule has 2 aliphatic heterocycles. The Bertz CT molecular complexity index is 542. The van der Waals surface area contributed by atoms with Crippen molar-refractivity contribution in [2.45, 2.75) is 51.4 Å². The molecule has 2 atom stereocenters. The molecule has 1 aliphatic carbocycles. The van der Waals surface area contributed by atoms with Crippen LogP contribution in [0.4, 0.5) is 0 Å². The van der Waals surface area contributed by atoms with Crippen LogP contribution in [0.2, 0.25) is 0 Å². The molecule has 0 bridgehead atoms. The minimum absolute atomic E-state index is 0.0612. The van der Waals surface area contributed by atoms with Crippen LogP contribution in [0.3, 0.4) is 0 Å². The highest BCUT2D eigenvalue weighted by molar-refractivity contribution is 8.00. The Morgan fingerprint density at radius 3 is 2.12 bits per heavy atom. The van der Waals surface area contributed by atoms with Crippen molar-refractivity contribution in [2.75, 3.05) is 31.9 Å². The molecule has 0 N–H and O–H groups in total. The lowest BCUT2D eigenvalue weighted by Crippen LogP contribution is -2.56. The molecular formula is C18H29N3O3S. The molecule has 3 amide bonds. The fourth-order valence-electron chi connectivity index (χ4n) is 3.63. The lowest BCUT2D eigenvalue weighted by molar-refractivity contribution is -0.147. The molecule has 0 aromatic rings. The molecule has 25 heavy (non-hydrogen) atoms. The zero-order chi connectivity index (χ0) is 18.1. The molecule has 0 aromatic heterocycles. The van der Waals surface area contributed by atoms with Crippen molar-refractivity contribution >= 4 is 29.5 Å². The van der Waals surface area contributed by atoms with E-state index in [0.29, 0.717) is 37.8 Å². The van der Waals surface area contributed by atoms with Gasteiger partial charge in [0.1, 0.15) is 6.04 Å². The van der Waals surface area contributed by atoms with E-state index in [1.165, 1.54) is 0 Å². The van der Waals surface area contributed by atoms with Gasteiger partial charge in [0.05, 0.1) is 5.37 Å². The summed E-state index contributed by atoms with van der Waals surface area (Å²) in [7, 11) is 0. The lowest BCUT2D eigenvalue weighted by Gasteiger charge is -2.37. The molecule has 0 spiro atoms. The van der Waals surface area contributed by atoms with Gasteiger partial charge in [0, 0.05) is 44.8 Å². The molecule has 3 fully saturated rings. The molecular weight excluding hydrogens is 338 g/mol. The van der Waals surface area contributed by atoms with Crippen LogP contribution in [0.5, 0.6) is 0 Å². The Kier molecular flexibility index (Phi) is 5.61. The van der Waals surface area contributed by atoms with Gasteiger partial charge in [-0.15, -0.1) is 11.8 Å². The summed E-state index contributed by atoms with van der Waals surface area (Å²) in [5.74, 6) is 1.64. The summed E-state index contributed by atoms with van der Waals surface area (Å²) in [6.07, 6.45) is 2.87. The summed E-state index contributed by atoms with van der Waals surface area (Å²) in [6, 6.07) is -0.328. The second kappa shape index (κ2) is 7.56. The highest BCUT2D eigenvalue weighted by Crippen LogP contribution is 2.40. The Morgan fingerprint density at radius 2 is 1.60 bits per heavy atom. The van der Waals surface area contributed by atoms with Crippen LogP contribution in [0, 0.1) is 11.8 Å². The van der Waals surface area contributed by atoms with Crippen molar-refractivity contribution in [1.82, 2.24) is 14.7 Å². The minimum Gasteiger partial charge on any atom is -0.339 e. The van der Waals surface area contributed by atoms with E-state index in [4.69, 9.17) is 0 Å². The number of rotatable bonds is 4. The average molecular weight is 368 g/mol. The standard InChI is InChI=1S/C18H29N3O3S/c1-12(2)10-16-21(17(23)14-4-5-14)15(11-25-16)18(24)20-8-6-19(7-9-20)13(3)22/h12,14-16H,4-11H2,1-3H3. The third-order valence-corrected chi connectivity index (χ3v) is 6.58. The number of hydrogen-bond acceptors (Lipinski definition) is 4. The van der Waals surface area contributed by atoms with Crippen LogP contribution >= 0.6 is 11.8 Å². The monoisotopic (exact) mass is 367 g/mol. The van der Waals surface area contributed by atoms with Gasteiger partial charge in [-0.25, -0.2) is 0 Å². The maximum atomic E-state index is 13.1. The van der Waals surface area contributed by atoms with Gasteiger partial charge in [0.25, 0.3) is 0 Å². The molecule has 2 heterocycles. The largest absolute Gasteiger partial charge is 0.339 e. The highest BCUT2D eigenvalue weighted by atomic mass is 32.2. The zero-order valence-corrected chi connectivity index (χ0v) is 16.3. The average Bonchev–Trinajstić information content (AvgIpc) is 3.34. The van der Waals surface area contributed by atoms with Crippen LogP contribution in [-0.4, -0.2) is 75.8 Å². The molecule has 6 nitrogen and oxygen atoms in total. The van der Waals surface area contributed by atoms with Crippen molar-refractivity contribution < 1.29 is 14.4 Å². The van der Waals surface area contributed by atoms with Gasteiger partial charge in [-0.3, -0.25) is 14.4 Å². The molecule has 140 valence electrons. The maximum Gasteiger partial charge on any atom is 0.246 e. The Labute approximate surface area is 154 Å². The third-order valence-electron chi connectivity index (χ3n) is 5.27. The van der Waals surface area contributed by atoms with Gasteiger partial charge in [0.2, 0.25) is 17.7 Å². The first-order chi connectivity index (χ1) is 11.9. The summed E-state index contributed by atoms with van der Waals surface area (Å²) in [6.45, 7) is 8.21. The van der Waals surface area contributed by atoms with E-state index in [1.54, 1.807) is 23.6 Å². The predicted octanol–water partition coefficient (Wildman–Crippen LogP) is 1.40. The molecule has 0 aromatic carbocycles. The van der Waals surface area contributed by atoms with Crippen molar-refractivity contribution in [3.05, 3.63) is 0 Å². The SMILES string of the molecule is CC(=O)N1CCN(C(=O)C2CSC(CC(C)C)N2C(=O)C2CC2)CC1. The first-order valence-electron chi connectivity index (χ1n) is 9.36. The summed E-state index contributed by atoms with van der Waals surface area (Å²) in [5.41, 5.74) is 0. The number of piperazine rings is 1. The van der Waals surface area contributed by atoms with Gasteiger partial charge in [-0.1, -0.05) is 13.8 Å². The molecule has 7 heteroatoms. The van der Waals surface area contributed by atoms with Gasteiger partial charge < -0.3 is 14.7 Å². The Morgan fingerprint density at radius 1 is 1.00 bits per heavy atom. The normalized spacial score (nSPS) is 27.1. The smallest absolute Gasteiger partial charge is 0.246 e. The summed E-state index contributed by atoms with van der Waals surface area (Å²) < 4.78 is 0. The second-order valence-electron chi connectivity index (χ2n) is 7.78. The van der Waals surface area contributed by atoms with E-state index in [1.807, 2.05) is 9.80 Å². The first-order valence-corrected chi connectivity index (χ1v) is 10.4. The maximum absolute atomic E-state index is 13.1. The highest BCUT2D eigenvalue weighted by Gasteiger charge is 2.47. The molecule has 3 rings (SSSR count). The molecule has 0 radical (unpaired) electrons. The third kappa shape index (κ3) is 4.13. The number of hydrogen-bond donors (Lipinski definition) is 0. The molecule has 2 saturated heterocycles. The second-order valence-corrected chi connectivity index (χ2v) is 9.00. The van der Waals surface area contributed by atoms with E-state index in [2.05, 4.69) is 13.8 Å². The fraction of sp³-hybridized carbons (Fsp3) is 0.833. The number of amides is 3. The topological polar surface area (TPSA) is 60.9 Å². The van der Waals surface area contributed by atoms with E-state index in [0.717, 1.165) is 19.3 Å². The van der Waals surface area contributed by atoms with E-state index >= 15 is 0 Å². The first kappa shape index (κ1) is 18.5. The number of carbonyl (C=O) groups excluding carboxylic acids is 3. The molecule has 1 saturated carbocycles. The fourth-order valence-corrected chi connectivity index (χ4v) is 5.27. The molecule has 2 unspecified atom stereocenters. The van der Waals surface area contributed by atoms with Crippen LogP contribution in [-0.2, 0) is 14.4 Å². The molecule has 3 aliphatic rings. The zero-order valence-electron chi connectivity index (χ0n) is 15.4. The summed E-state index contributed by atoms with van der Waals surface area (Å²) in [5, 5.41) is 0.126. The van der Waals surface area contributed by atoms with E-state index in [-0.39, 0.29) is 35.1 Å². The van der Waals surface area contributed by atoms with Gasteiger partial charge in [-0.2, -0.15) is 0 Å². The van der Waals surface area contributed by atoms with Crippen LogP contribution in [0.15, 0.2) is 0 Å². The minimum atomic E-state index is -0.328. The van der Waals surface area contributed by atoms with Crippen LogP contribution < -0.4 is 0 Å².